The molecular weight excluding hydrogens is 539 g/mol. The van der Waals surface area contributed by atoms with Crippen molar-refractivity contribution in [2.24, 2.45) is 0 Å². The molecular formula is C27H26F3N9O2. The van der Waals surface area contributed by atoms with Crippen LogP contribution in [0.5, 0.6) is 0 Å². The van der Waals surface area contributed by atoms with Gasteiger partial charge in [-0.3, -0.25) is 9.36 Å². The number of carbonyl (C=O) groups is 1. The Kier molecular flexibility index (Phi) is 7.17. The van der Waals surface area contributed by atoms with Crippen molar-refractivity contribution in [2.75, 3.05) is 19.4 Å². The first-order valence-corrected chi connectivity index (χ1v) is 12.5. The van der Waals surface area contributed by atoms with Crippen LogP contribution in [0.3, 0.4) is 0 Å². The molecule has 41 heavy (non-hydrogen) atoms. The predicted molar refractivity (Wildman–Crippen MR) is 144 cm³/mol. The van der Waals surface area contributed by atoms with Gasteiger partial charge in [0.15, 0.2) is 11.6 Å². The summed E-state index contributed by atoms with van der Waals surface area (Å²) < 4.78 is 44.8. The molecule has 0 unspecified atom stereocenters. The highest BCUT2D eigenvalue weighted by Gasteiger charge is 2.21. The fourth-order valence-corrected chi connectivity index (χ4v) is 4.32. The second-order valence-corrected chi connectivity index (χ2v) is 9.69. The number of hydrogen-bond acceptors (Lipinski definition) is 8. The first-order valence-electron chi connectivity index (χ1n) is 12.5. The van der Waals surface area contributed by atoms with Gasteiger partial charge in [0.25, 0.3) is 12.3 Å². The number of hydrogen-bond donors (Lipinski definition) is 2. The van der Waals surface area contributed by atoms with Crippen LogP contribution in [-0.2, 0) is 0 Å². The van der Waals surface area contributed by atoms with Gasteiger partial charge in [0.05, 0.1) is 34.1 Å². The summed E-state index contributed by atoms with van der Waals surface area (Å²) in [6.07, 6.45) is -2.31. The Morgan fingerprint density at radius 1 is 1.10 bits per heavy atom. The second kappa shape index (κ2) is 10.6. The number of rotatable bonds is 7. The molecule has 0 saturated heterocycles. The van der Waals surface area contributed by atoms with Crippen LogP contribution in [0.2, 0.25) is 0 Å². The third-order valence-corrected chi connectivity index (χ3v) is 6.36. The lowest BCUT2D eigenvalue weighted by molar-refractivity contribution is 0.0828. The molecule has 4 heterocycles. The zero-order valence-corrected chi connectivity index (χ0v) is 22.8. The molecule has 2 N–H and O–H groups in total. The number of pyridine rings is 1. The Bertz CT molecular complexity index is 1780. The van der Waals surface area contributed by atoms with Gasteiger partial charge < -0.3 is 15.3 Å². The molecule has 0 aliphatic carbocycles. The molecule has 0 saturated carbocycles. The highest BCUT2D eigenvalue weighted by molar-refractivity contribution is 5.99. The lowest BCUT2D eigenvalue weighted by atomic mass is 10.1. The van der Waals surface area contributed by atoms with Crippen LogP contribution in [0.1, 0.15) is 52.5 Å². The van der Waals surface area contributed by atoms with Crippen LogP contribution in [0.15, 0.2) is 42.7 Å². The number of amides is 1. The molecule has 1 amide bonds. The fourth-order valence-electron chi connectivity index (χ4n) is 4.32. The molecule has 1 aromatic carbocycles. The van der Waals surface area contributed by atoms with E-state index in [4.69, 9.17) is 0 Å². The zero-order valence-electron chi connectivity index (χ0n) is 22.8. The minimum absolute atomic E-state index is 0.0264. The van der Waals surface area contributed by atoms with E-state index in [0.717, 1.165) is 0 Å². The van der Waals surface area contributed by atoms with Crippen LogP contribution in [0.4, 0.5) is 24.7 Å². The Hall–Kier alpha value is -4.85. The number of imidazole rings is 1. The van der Waals surface area contributed by atoms with E-state index in [1.807, 2.05) is 0 Å². The molecule has 212 valence electrons. The van der Waals surface area contributed by atoms with Crippen LogP contribution < -0.4 is 5.32 Å². The van der Waals surface area contributed by atoms with E-state index in [1.54, 1.807) is 46.1 Å². The number of fused-ring (bicyclic) bond motifs is 1. The van der Waals surface area contributed by atoms with Crippen molar-refractivity contribution in [3.8, 4) is 11.6 Å². The molecule has 0 aliphatic rings. The number of aromatic nitrogens is 7. The molecule has 11 nitrogen and oxygen atoms in total. The van der Waals surface area contributed by atoms with Gasteiger partial charge >= 0.3 is 0 Å². The van der Waals surface area contributed by atoms with Gasteiger partial charge in [0, 0.05) is 31.4 Å². The minimum atomic E-state index is -2.78. The monoisotopic (exact) mass is 565 g/mol. The zero-order chi connectivity index (χ0) is 29.6. The number of aryl methyl sites for hydroxylation is 2. The van der Waals surface area contributed by atoms with E-state index in [-0.39, 0.29) is 28.8 Å². The molecule has 0 aliphatic heterocycles. The number of aliphatic hydroxyl groups excluding tert-OH is 1. The summed E-state index contributed by atoms with van der Waals surface area (Å²) in [5.41, 5.74) is 1.88. The molecule has 0 fully saturated rings. The molecule has 5 aromatic rings. The van der Waals surface area contributed by atoms with E-state index in [0.29, 0.717) is 33.8 Å². The van der Waals surface area contributed by atoms with Gasteiger partial charge in [0.1, 0.15) is 23.7 Å². The maximum Gasteiger partial charge on any atom is 0.282 e. The predicted octanol–water partition coefficient (Wildman–Crippen LogP) is 4.59. The summed E-state index contributed by atoms with van der Waals surface area (Å²) in [5, 5.41) is 25.2. The highest BCUT2D eigenvalue weighted by atomic mass is 19.3. The van der Waals surface area contributed by atoms with E-state index < -0.39 is 24.0 Å². The first kappa shape index (κ1) is 27.7. The molecule has 0 radical (unpaired) electrons. The maximum absolute atomic E-state index is 15.4. The standard InChI is InChI=1S/C27H26F3N9O2/c1-13-8-17(27(41)37(4)5)25(35-34-13)32-19-11-20-22(10-18(19)28)38(12-31-20)23-7-6-16(15(3)40)26(33-23)39-14(2)9-21(36-39)24(29)30/h6-12,15,24,40H,1-5H3,(H,32,35)/t15-/m0/s1. The molecule has 0 spiro atoms. The van der Waals surface area contributed by atoms with Crippen molar-refractivity contribution < 1.29 is 23.1 Å². The summed E-state index contributed by atoms with van der Waals surface area (Å²) in [4.78, 5) is 23.0. The smallest absolute Gasteiger partial charge is 0.282 e. The van der Waals surface area contributed by atoms with Gasteiger partial charge in [-0.15, -0.1) is 5.10 Å². The summed E-state index contributed by atoms with van der Waals surface area (Å²) >= 11 is 0. The van der Waals surface area contributed by atoms with E-state index in [2.05, 4.69) is 30.6 Å². The molecule has 5 rings (SSSR count). The topological polar surface area (TPSA) is 127 Å². The van der Waals surface area contributed by atoms with Crippen LogP contribution >= 0.6 is 0 Å². The summed E-state index contributed by atoms with van der Waals surface area (Å²) in [7, 11) is 3.19. The number of nitrogens with one attached hydrogen (secondary N) is 1. The first-order chi connectivity index (χ1) is 19.4. The number of aliphatic hydroxyl groups is 1. The minimum Gasteiger partial charge on any atom is -0.389 e. The Morgan fingerprint density at radius 2 is 1.85 bits per heavy atom. The lowest BCUT2D eigenvalue weighted by Gasteiger charge is -2.15. The SMILES string of the molecule is Cc1cc(C(=O)N(C)C)c(Nc2cc3ncn(-c4ccc([C@H](C)O)c(-n5nc(C(F)F)cc5C)n4)c3cc2F)nn1. The third kappa shape index (κ3) is 5.20. The lowest BCUT2D eigenvalue weighted by Crippen LogP contribution is -2.23. The molecule has 14 heteroatoms. The van der Waals surface area contributed by atoms with Gasteiger partial charge in [-0.1, -0.05) is 0 Å². The van der Waals surface area contributed by atoms with Crippen molar-refractivity contribution in [3.63, 3.8) is 0 Å². The number of alkyl halides is 2. The number of benzene rings is 1. The van der Waals surface area contributed by atoms with E-state index in [1.165, 1.54) is 45.6 Å². The second-order valence-electron chi connectivity index (χ2n) is 9.69. The average Bonchev–Trinajstić information content (AvgIpc) is 3.52. The van der Waals surface area contributed by atoms with Crippen molar-refractivity contribution >= 4 is 28.4 Å². The summed E-state index contributed by atoms with van der Waals surface area (Å²) in [5.74, 6) is -0.450. The highest BCUT2D eigenvalue weighted by Crippen LogP contribution is 2.30. The number of anilines is 2. The third-order valence-electron chi connectivity index (χ3n) is 6.36. The summed E-state index contributed by atoms with van der Waals surface area (Å²) in [6.45, 7) is 4.83. The van der Waals surface area contributed by atoms with Crippen LogP contribution in [0, 0.1) is 19.7 Å². The van der Waals surface area contributed by atoms with E-state index in [9.17, 15) is 18.7 Å². The van der Waals surface area contributed by atoms with Crippen molar-refractivity contribution in [2.45, 2.75) is 33.3 Å². The largest absolute Gasteiger partial charge is 0.389 e. The van der Waals surface area contributed by atoms with Gasteiger partial charge in [0.2, 0.25) is 0 Å². The number of carbonyl (C=O) groups excluding carboxylic acids is 1. The van der Waals surface area contributed by atoms with Crippen LogP contribution in [0.25, 0.3) is 22.7 Å². The number of halogens is 3. The fraction of sp³-hybridized carbons (Fsp3) is 0.259. The van der Waals surface area contributed by atoms with Gasteiger partial charge in [-0.2, -0.15) is 10.2 Å². The van der Waals surface area contributed by atoms with Crippen LogP contribution in [-0.4, -0.2) is 64.5 Å². The Morgan fingerprint density at radius 3 is 2.51 bits per heavy atom. The normalized spacial score (nSPS) is 12.2. The summed E-state index contributed by atoms with van der Waals surface area (Å²) in [6, 6.07) is 8.72. The van der Waals surface area contributed by atoms with Gasteiger partial charge in [-0.25, -0.2) is 27.8 Å². The average molecular weight is 566 g/mol. The van der Waals surface area contributed by atoms with E-state index >= 15 is 4.39 Å². The van der Waals surface area contributed by atoms with Gasteiger partial charge in [-0.05, 0) is 51.1 Å². The molecule has 0 bridgehead atoms. The van der Waals surface area contributed by atoms with Crippen molar-refractivity contribution in [1.29, 1.82) is 0 Å². The van der Waals surface area contributed by atoms with Crippen molar-refractivity contribution in [1.82, 2.24) is 39.4 Å². The number of nitrogens with zero attached hydrogens (tertiary/aromatic N) is 8. The Labute approximate surface area is 232 Å². The van der Waals surface area contributed by atoms with Crippen molar-refractivity contribution in [3.05, 3.63) is 76.8 Å². The molecule has 1 atom stereocenters. The quantitative estimate of drug-likeness (QED) is 0.294. The molecule has 4 aromatic heterocycles. The Balaban J connectivity index is 1.57. The maximum atomic E-state index is 15.4.